The largest absolute Gasteiger partial charge is 0.444 e. The van der Waals surface area contributed by atoms with Gasteiger partial charge in [-0.2, -0.15) is 0 Å². The molecule has 1 fully saturated rings. The van der Waals surface area contributed by atoms with Gasteiger partial charge in [0.05, 0.1) is 11.4 Å². The number of benzene rings is 1. The van der Waals surface area contributed by atoms with Crippen LogP contribution >= 0.6 is 0 Å². The smallest absolute Gasteiger partial charge is 0.412 e. The second-order valence-electron chi connectivity index (χ2n) is 8.10. The quantitative estimate of drug-likeness (QED) is 0.625. The summed E-state index contributed by atoms with van der Waals surface area (Å²) in [5.41, 5.74) is 7.44. The fourth-order valence-electron chi connectivity index (χ4n) is 3.21. The van der Waals surface area contributed by atoms with Crippen LogP contribution in [0.3, 0.4) is 0 Å². The van der Waals surface area contributed by atoms with Gasteiger partial charge in [0.25, 0.3) is 5.91 Å². The third kappa shape index (κ3) is 5.71. The van der Waals surface area contributed by atoms with Gasteiger partial charge < -0.3 is 25.7 Å². The van der Waals surface area contributed by atoms with Crippen molar-refractivity contribution in [2.45, 2.75) is 45.3 Å². The number of nitrogens with zero attached hydrogens (tertiary/aromatic N) is 2. The minimum absolute atomic E-state index is 0.0805. The molecule has 1 saturated heterocycles. The number of anilines is 3. The molecule has 1 aromatic carbocycles. The van der Waals surface area contributed by atoms with Crippen molar-refractivity contribution >= 4 is 29.1 Å². The molecule has 9 heteroatoms. The van der Waals surface area contributed by atoms with Crippen LogP contribution in [0.25, 0.3) is 0 Å². The van der Waals surface area contributed by atoms with Crippen molar-refractivity contribution in [3.8, 4) is 0 Å². The van der Waals surface area contributed by atoms with Crippen molar-refractivity contribution in [3.05, 3.63) is 36.4 Å². The molecule has 0 bridgehead atoms. The maximum absolute atomic E-state index is 12.5. The number of H-pyrrole nitrogens is 1. The number of aromatic nitrogens is 2. The minimum Gasteiger partial charge on any atom is -0.444 e. The topological polar surface area (TPSA) is 125 Å². The molecule has 1 aliphatic heterocycles. The summed E-state index contributed by atoms with van der Waals surface area (Å²) in [6, 6.07) is 5.43. The zero-order valence-corrected chi connectivity index (χ0v) is 17.0. The van der Waals surface area contributed by atoms with Crippen molar-refractivity contribution in [1.82, 2.24) is 9.97 Å². The Hall–Kier alpha value is -3.07. The van der Waals surface area contributed by atoms with Gasteiger partial charge in [0.1, 0.15) is 5.60 Å². The lowest BCUT2D eigenvalue weighted by Gasteiger charge is -2.34. The highest BCUT2D eigenvalue weighted by atomic mass is 16.6. The maximum Gasteiger partial charge on any atom is 0.412 e. The van der Waals surface area contributed by atoms with Crippen LogP contribution in [0, 0.1) is 0 Å². The fourth-order valence-corrected chi connectivity index (χ4v) is 3.21. The number of carbonyl (C=O) groups is 2. The second kappa shape index (κ2) is 8.52. The van der Waals surface area contributed by atoms with E-state index in [9.17, 15) is 9.59 Å². The highest BCUT2D eigenvalue weighted by Gasteiger charge is 2.22. The van der Waals surface area contributed by atoms with Crippen molar-refractivity contribution < 1.29 is 14.3 Å². The van der Waals surface area contributed by atoms with E-state index in [0.717, 1.165) is 25.1 Å². The lowest BCUT2D eigenvalue weighted by molar-refractivity contribution is 0.0636. The summed E-state index contributed by atoms with van der Waals surface area (Å²) in [6.45, 7) is 6.93. The van der Waals surface area contributed by atoms with Crippen LogP contribution in [-0.2, 0) is 4.74 Å². The predicted molar refractivity (Wildman–Crippen MR) is 112 cm³/mol. The summed E-state index contributed by atoms with van der Waals surface area (Å²) in [7, 11) is 0. The third-order valence-electron chi connectivity index (χ3n) is 4.40. The first-order valence-corrected chi connectivity index (χ1v) is 9.66. The molecule has 156 valence electrons. The molecule has 1 aromatic heterocycles. The van der Waals surface area contributed by atoms with Crippen LogP contribution in [0.1, 0.15) is 44.2 Å². The maximum atomic E-state index is 12.5. The number of piperidine rings is 1. The lowest BCUT2D eigenvalue weighted by Crippen LogP contribution is -2.43. The molecule has 9 nitrogen and oxygen atoms in total. The summed E-state index contributed by atoms with van der Waals surface area (Å²) in [6.07, 6.45) is 4.49. The Morgan fingerprint density at radius 3 is 2.76 bits per heavy atom. The first-order chi connectivity index (χ1) is 13.7. The summed E-state index contributed by atoms with van der Waals surface area (Å²) >= 11 is 0. The van der Waals surface area contributed by atoms with Crippen molar-refractivity contribution in [3.63, 3.8) is 0 Å². The Labute approximate surface area is 170 Å². The van der Waals surface area contributed by atoms with E-state index < -0.39 is 11.7 Å². The summed E-state index contributed by atoms with van der Waals surface area (Å²) < 4.78 is 5.30. The summed E-state index contributed by atoms with van der Waals surface area (Å²) in [5.74, 6) is -0.163. The monoisotopic (exact) mass is 400 g/mol. The van der Waals surface area contributed by atoms with E-state index >= 15 is 0 Å². The van der Waals surface area contributed by atoms with Gasteiger partial charge in [0, 0.05) is 37.2 Å². The van der Waals surface area contributed by atoms with Gasteiger partial charge in [-0.3, -0.25) is 10.1 Å². The molecule has 0 unspecified atom stereocenters. The number of carbonyl (C=O) groups excluding carboxylic acids is 2. The van der Waals surface area contributed by atoms with E-state index in [1.165, 1.54) is 6.20 Å². The Bertz CT molecular complexity index is 860. The number of rotatable bonds is 4. The minimum atomic E-state index is -0.607. The number of ether oxygens (including phenoxy) is 1. The van der Waals surface area contributed by atoms with Gasteiger partial charge in [-0.15, -0.1) is 0 Å². The number of hydrogen-bond acceptors (Lipinski definition) is 6. The Morgan fingerprint density at radius 1 is 1.31 bits per heavy atom. The van der Waals surface area contributed by atoms with Gasteiger partial charge in [0.15, 0.2) is 5.82 Å². The third-order valence-corrected chi connectivity index (χ3v) is 4.40. The van der Waals surface area contributed by atoms with Crippen LogP contribution in [-0.4, -0.2) is 46.7 Å². The average molecular weight is 400 g/mol. The molecular formula is C20H28N6O3. The molecule has 29 heavy (non-hydrogen) atoms. The van der Waals surface area contributed by atoms with Crippen LogP contribution in [0.5, 0.6) is 0 Å². The lowest BCUT2D eigenvalue weighted by atomic mass is 10.1. The van der Waals surface area contributed by atoms with Gasteiger partial charge in [-0.05, 0) is 51.8 Å². The van der Waals surface area contributed by atoms with Crippen molar-refractivity contribution in [2.75, 3.05) is 28.6 Å². The molecule has 0 aliphatic carbocycles. The molecule has 1 aliphatic rings. The SMILES string of the molecule is CC(C)(C)OC(=O)Nc1ccc(N2CCC[C@@H](N)C2)c(NC(=O)c2ncc[nH]2)c1. The Kier molecular flexibility index (Phi) is 6.07. The second-order valence-corrected chi connectivity index (χ2v) is 8.10. The number of amides is 2. The number of nitrogens with two attached hydrogens (primary N) is 1. The van der Waals surface area contributed by atoms with Gasteiger partial charge >= 0.3 is 6.09 Å². The van der Waals surface area contributed by atoms with Crippen molar-refractivity contribution in [1.29, 1.82) is 0 Å². The van der Waals surface area contributed by atoms with Crippen LogP contribution in [0.2, 0.25) is 0 Å². The first-order valence-electron chi connectivity index (χ1n) is 9.66. The molecule has 1 atom stereocenters. The van der Waals surface area contributed by atoms with Gasteiger partial charge in [-0.1, -0.05) is 0 Å². The van der Waals surface area contributed by atoms with Gasteiger partial charge in [-0.25, -0.2) is 9.78 Å². The fraction of sp³-hybridized carbons (Fsp3) is 0.450. The molecule has 3 rings (SSSR count). The number of aromatic amines is 1. The van der Waals surface area contributed by atoms with E-state index in [0.29, 0.717) is 17.9 Å². The van der Waals surface area contributed by atoms with E-state index in [2.05, 4.69) is 25.5 Å². The molecule has 0 spiro atoms. The van der Waals surface area contributed by atoms with Crippen LogP contribution in [0.15, 0.2) is 30.6 Å². The van der Waals surface area contributed by atoms with E-state index in [-0.39, 0.29) is 17.8 Å². The molecule has 2 amide bonds. The molecule has 5 N–H and O–H groups in total. The Balaban J connectivity index is 1.85. The molecule has 0 saturated carbocycles. The zero-order valence-electron chi connectivity index (χ0n) is 17.0. The van der Waals surface area contributed by atoms with E-state index in [1.54, 1.807) is 39.1 Å². The molecular weight excluding hydrogens is 372 g/mol. The molecule has 2 heterocycles. The number of nitrogens with one attached hydrogen (secondary N) is 3. The predicted octanol–water partition coefficient (Wildman–Crippen LogP) is 2.94. The molecule has 2 aromatic rings. The van der Waals surface area contributed by atoms with E-state index in [1.807, 2.05) is 6.07 Å². The number of imidazole rings is 1. The normalized spacial score (nSPS) is 17.0. The molecule has 0 radical (unpaired) electrons. The van der Waals surface area contributed by atoms with Gasteiger partial charge in [0.2, 0.25) is 0 Å². The highest BCUT2D eigenvalue weighted by molar-refractivity contribution is 6.04. The highest BCUT2D eigenvalue weighted by Crippen LogP contribution is 2.31. The van der Waals surface area contributed by atoms with Crippen LogP contribution < -0.4 is 21.3 Å². The van der Waals surface area contributed by atoms with Crippen LogP contribution in [0.4, 0.5) is 21.9 Å². The first kappa shape index (κ1) is 20.7. The standard InChI is InChI=1S/C20H28N6O3/c1-20(2,3)29-19(28)24-14-6-7-16(26-10-4-5-13(21)12-26)15(11-14)25-18(27)17-22-8-9-23-17/h6-9,11,13H,4-5,10,12,21H2,1-3H3,(H,22,23)(H,24,28)(H,25,27)/t13-/m1/s1. The summed E-state index contributed by atoms with van der Waals surface area (Å²) in [4.78, 5) is 33.6. The number of hydrogen-bond donors (Lipinski definition) is 4. The van der Waals surface area contributed by atoms with Crippen molar-refractivity contribution in [2.24, 2.45) is 5.73 Å². The average Bonchev–Trinajstić information content (AvgIpc) is 3.15. The zero-order chi connectivity index (χ0) is 21.0. The van der Waals surface area contributed by atoms with E-state index in [4.69, 9.17) is 10.5 Å². The summed E-state index contributed by atoms with van der Waals surface area (Å²) in [5, 5.41) is 5.59. The Morgan fingerprint density at radius 2 is 2.10 bits per heavy atom.